The molecule has 0 amide bonds. The molecule has 0 radical (unpaired) electrons. The van der Waals surface area contributed by atoms with Crippen LogP contribution in [0.1, 0.15) is 11.1 Å². The molecular formula is C18H17NO4. The molecule has 0 bridgehead atoms. The van der Waals surface area contributed by atoms with Crippen LogP contribution in [0.15, 0.2) is 36.4 Å². The van der Waals surface area contributed by atoms with Crippen molar-refractivity contribution in [3.63, 3.8) is 0 Å². The normalized spacial score (nSPS) is 10.8. The lowest BCUT2D eigenvalue weighted by Crippen LogP contribution is -1.92. The van der Waals surface area contributed by atoms with Gasteiger partial charge in [-0.1, -0.05) is 6.07 Å². The number of hydrogen-bond donors (Lipinski definition) is 1. The van der Waals surface area contributed by atoms with E-state index in [1.165, 1.54) is 13.2 Å². The number of aromatic hydroxyl groups is 1. The highest BCUT2D eigenvalue weighted by Crippen LogP contribution is 2.32. The second-order valence-corrected chi connectivity index (χ2v) is 4.67. The molecule has 118 valence electrons. The van der Waals surface area contributed by atoms with E-state index in [0.717, 1.165) is 5.56 Å². The highest BCUT2D eigenvalue weighted by molar-refractivity contribution is 5.90. The van der Waals surface area contributed by atoms with E-state index in [9.17, 15) is 10.4 Å². The molecule has 0 atom stereocenters. The summed E-state index contributed by atoms with van der Waals surface area (Å²) in [5.74, 6) is 1.55. The molecule has 0 aliphatic heterocycles. The van der Waals surface area contributed by atoms with Gasteiger partial charge in [0.15, 0.2) is 23.0 Å². The van der Waals surface area contributed by atoms with Crippen LogP contribution in [0.25, 0.3) is 11.6 Å². The van der Waals surface area contributed by atoms with Crippen LogP contribution >= 0.6 is 0 Å². The topological polar surface area (TPSA) is 71.7 Å². The molecule has 0 aliphatic rings. The van der Waals surface area contributed by atoms with Gasteiger partial charge in [0.05, 0.1) is 33.0 Å². The van der Waals surface area contributed by atoms with E-state index in [4.69, 9.17) is 14.2 Å². The number of rotatable bonds is 5. The van der Waals surface area contributed by atoms with E-state index in [1.807, 2.05) is 0 Å². The van der Waals surface area contributed by atoms with E-state index in [2.05, 4.69) is 6.07 Å². The fraction of sp³-hybridized carbons (Fsp3) is 0.167. The molecule has 2 aromatic rings. The van der Waals surface area contributed by atoms with Crippen LogP contribution in [0.5, 0.6) is 23.0 Å². The molecule has 2 rings (SSSR count). The number of hydrogen-bond acceptors (Lipinski definition) is 5. The van der Waals surface area contributed by atoms with Gasteiger partial charge in [-0.2, -0.15) is 5.26 Å². The van der Waals surface area contributed by atoms with Crippen LogP contribution in [0.4, 0.5) is 0 Å². The Balaban J connectivity index is 2.45. The number of phenolic OH excluding ortho intramolecular Hbond substituents is 1. The van der Waals surface area contributed by atoms with Gasteiger partial charge >= 0.3 is 0 Å². The number of allylic oxidation sites excluding steroid dienone is 1. The third kappa shape index (κ3) is 3.55. The molecule has 0 heterocycles. The monoisotopic (exact) mass is 311 g/mol. The van der Waals surface area contributed by atoms with Gasteiger partial charge in [-0.05, 0) is 47.5 Å². The molecule has 0 spiro atoms. The first-order chi connectivity index (χ1) is 11.1. The van der Waals surface area contributed by atoms with Crippen molar-refractivity contribution in [2.24, 2.45) is 0 Å². The molecule has 0 aromatic heterocycles. The fourth-order valence-electron chi connectivity index (χ4n) is 2.13. The minimum atomic E-state index is 0.0503. The summed E-state index contributed by atoms with van der Waals surface area (Å²) in [5.41, 5.74) is 1.90. The third-order valence-electron chi connectivity index (χ3n) is 3.33. The van der Waals surface area contributed by atoms with E-state index >= 15 is 0 Å². The van der Waals surface area contributed by atoms with E-state index in [-0.39, 0.29) is 5.75 Å². The lowest BCUT2D eigenvalue weighted by molar-refractivity contribution is 0.355. The molecule has 0 aliphatic carbocycles. The maximum absolute atomic E-state index is 9.63. The summed E-state index contributed by atoms with van der Waals surface area (Å²) in [6.07, 6.45) is 1.71. The van der Waals surface area contributed by atoms with Crippen molar-refractivity contribution in [2.75, 3.05) is 21.3 Å². The molecule has 23 heavy (non-hydrogen) atoms. The summed E-state index contributed by atoms with van der Waals surface area (Å²) in [6, 6.07) is 12.3. The third-order valence-corrected chi connectivity index (χ3v) is 3.33. The van der Waals surface area contributed by atoms with Crippen molar-refractivity contribution in [1.29, 1.82) is 5.26 Å². The van der Waals surface area contributed by atoms with Crippen LogP contribution in [0, 0.1) is 11.3 Å². The molecule has 2 aromatic carbocycles. The second kappa shape index (κ2) is 7.23. The average molecular weight is 311 g/mol. The maximum Gasteiger partial charge on any atom is 0.161 e. The smallest absolute Gasteiger partial charge is 0.161 e. The Morgan fingerprint density at radius 1 is 0.957 bits per heavy atom. The van der Waals surface area contributed by atoms with E-state index in [0.29, 0.717) is 28.4 Å². The van der Waals surface area contributed by atoms with Gasteiger partial charge in [-0.3, -0.25) is 0 Å². The summed E-state index contributed by atoms with van der Waals surface area (Å²) < 4.78 is 15.5. The number of ether oxygens (including phenoxy) is 3. The Bertz CT molecular complexity index is 775. The number of nitrogens with zero attached hydrogens (tertiary/aromatic N) is 1. The summed E-state index contributed by atoms with van der Waals surface area (Å²) in [7, 11) is 4.58. The van der Waals surface area contributed by atoms with Crippen LogP contribution in [0.3, 0.4) is 0 Å². The highest BCUT2D eigenvalue weighted by atomic mass is 16.5. The molecule has 1 N–H and O–H groups in total. The zero-order valence-electron chi connectivity index (χ0n) is 13.2. The first-order valence-electron chi connectivity index (χ1n) is 6.84. The zero-order chi connectivity index (χ0) is 16.8. The Morgan fingerprint density at radius 2 is 1.65 bits per heavy atom. The van der Waals surface area contributed by atoms with Crippen molar-refractivity contribution in [1.82, 2.24) is 0 Å². The minimum Gasteiger partial charge on any atom is -0.504 e. The van der Waals surface area contributed by atoms with Gasteiger partial charge in [0.25, 0.3) is 0 Å². The minimum absolute atomic E-state index is 0.0503. The molecule has 0 saturated carbocycles. The Kier molecular flexibility index (Phi) is 5.11. The summed E-state index contributed by atoms with van der Waals surface area (Å²) in [5, 5.41) is 19.1. The van der Waals surface area contributed by atoms with Gasteiger partial charge in [0.2, 0.25) is 0 Å². The van der Waals surface area contributed by atoms with Crippen molar-refractivity contribution in [3.8, 4) is 29.1 Å². The van der Waals surface area contributed by atoms with E-state index in [1.54, 1.807) is 50.6 Å². The molecular weight excluding hydrogens is 294 g/mol. The first kappa shape index (κ1) is 16.2. The zero-order valence-corrected chi connectivity index (χ0v) is 13.2. The van der Waals surface area contributed by atoms with E-state index < -0.39 is 0 Å². The molecule has 0 fully saturated rings. The summed E-state index contributed by atoms with van der Waals surface area (Å²) in [4.78, 5) is 0. The maximum atomic E-state index is 9.63. The van der Waals surface area contributed by atoms with Gasteiger partial charge in [-0.25, -0.2) is 0 Å². The van der Waals surface area contributed by atoms with Crippen molar-refractivity contribution in [3.05, 3.63) is 47.5 Å². The van der Waals surface area contributed by atoms with Gasteiger partial charge in [0, 0.05) is 0 Å². The largest absolute Gasteiger partial charge is 0.504 e. The Hall–Kier alpha value is -3.13. The lowest BCUT2D eigenvalue weighted by atomic mass is 10.0. The predicted molar refractivity (Wildman–Crippen MR) is 87.7 cm³/mol. The number of methoxy groups -OCH3 is 3. The predicted octanol–water partition coefficient (Wildman–Crippen LogP) is 3.48. The summed E-state index contributed by atoms with van der Waals surface area (Å²) >= 11 is 0. The number of phenols is 1. The number of nitriles is 1. The van der Waals surface area contributed by atoms with Crippen LogP contribution in [0.2, 0.25) is 0 Å². The SMILES string of the molecule is COc1cc(/C=C(\C#N)c2ccc(OC)c(OC)c2)ccc1O. The molecule has 5 heteroatoms. The van der Waals surface area contributed by atoms with Gasteiger partial charge < -0.3 is 19.3 Å². The highest BCUT2D eigenvalue weighted by Gasteiger charge is 2.09. The van der Waals surface area contributed by atoms with Gasteiger partial charge in [0.1, 0.15) is 0 Å². The Labute approximate surface area is 135 Å². The summed E-state index contributed by atoms with van der Waals surface area (Å²) in [6.45, 7) is 0. The fourth-order valence-corrected chi connectivity index (χ4v) is 2.13. The van der Waals surface area contributed by atoms with Crippen molar-refractivity contribution in [2.45, 2.75) is 0 Å². The first-order valence-corrected chi connectivity index (χ1v) is 6.84. The van der Waals surface area contributed by atoms with Crippen molar-refractivity contribution < 1.29 is 19.3 Å². The van der Waals surface area contributed by atoms with Crippen LogP contribution in [-0.2, 0) is 0 Å². The quantitative estimate of drug-likeness (QED) is 0.676. The van der Waals surface area contributed by atoms with Crippen LogP contribution < -0.4 is 14.2 Å². The van der Waals surface area contributed by atoms with Gasteiger partial charge in [-0.15, -0.1) is 0 Å². The standard InChI is InChI=1S/C18H17NO4/c1-21-16-7-5-13(10-18(16)23-3)14(11-19)8-12-4-6-15(20)17(9-12)22-2/h4-10,20H,1-3H3/b14-8+. The molecule has 0 saturated heterocycles. The second-order valence-electron chi connectivity index (χ2n) is 4.67. The molecule has 0 unspecified atom stereocenters. The Morgan fingerprint density at radius 3 is 2.26 bits per heavy atom. The molecule has 5 nitrogen and oxygen atoms in total. The average Bonchev–Trinajstić information content (AvgIpc) is 2.60. The van der Waals surface area contributed by atoms with Crippen molar-refractivity contribution >= 4 is 11.6 Å². The lowest BCUT2D eigenvalue weighted by Gasteiger charge is -2.09. The van der Waals surface area contributed by atoms with Crippen LogP contribution in [-0.4, -0.2) is 26.4 Å². The number of benzene rings is 2.